The summed E-state index contributed by atoms with van der Waals surface area (Å²) in [5.41, 5.74) is 1.34. The fraction of sp³-hybridized carbons (Fsp3) is 0.522. The van der Waals surface area contributed by atoms with E-state index in [9.17, 15) is 18.4 Å². The van der Waals surface area contributed by atoms with Crippen molar-refractivity contribution in [2.75, 3.05) is 30.3 Å². The van der Waals surface area contributed by atoms with Gasteiger partial charge in [-0.1, -0.05) is 26.8 Å². The first kappa shape index (κ1) is 22.8. The SMILES string of the molecule is Cn1nc(C(C)(C)C)c2c1N(CC(=O)N1CCCC1)C(=O)CSC2c1ccc(F)cc1F. The largest absolute Gasteiger partial charge is 0.341 e. The molecule has 1 atom stereocenters. The molecule has 172 valence electrons. The number of fused-ring (bicyclic) bond motifs is 1. The number of anilines is 1. The lowest BCUT2D eigenvalue weighted by atomic mass is 9.87. The van der Waals surface area contributed by atoms with Gasteiger partial charge in [-0.25, -0.2) is 8.78 Å². The molecule has 1 saturated heterocycles. The molecule has 0 spiro atoms. The van der Waals surface area contributed by atoms with Gasteiger partial charge in [-0.15, -0.1) is 11.8 Å². The number of rotatable bonds is 3. The van der Waals surface area contributed by atoms with E-state index < -0.39 is 22.3 Å². The van der Waals surface area contributed by atoms with Crippen LogP contribution in [0.4, 0.5) is 14.6 Å². The predicted molar refractivity (Wildman–Crippen MR) is 121 cm³/mol. The van der Waals surface area contributed by atoms with Gasteiger partial charge in [-0.2, -0.15) is 5.10 Å². The van der Waals surface area contributed by atoms with Gasteiger partial charge in [0.05, 0.1) is 16.7 Å². The Bertz CT molecular complexity index is 1060. The summed E-state index contributed by atoms with van der Waals surface area (Å²) >= 11 is 1.28. The van der Waals surface area contributed by atoms with Gasteiger partial charge in [0.25, 0.3) is 0 Å². The van der Waals surface area contributed by atoms with Crippen LogP contribution in [0.25, 0.3) is 0 Å². The van der Waals surface area contributed by atoms with E-state index in [1.807, 2.05) is 20.8 Å². The number of nitrogens with zero attached hydrogens (tertiary/aromatic N) is 4. The van der Waals surface area contributed by atoms with Gasteiger partial charge in [0.1, 0.15) is 24.0 Å². The number of carbonyl (C=O) groups excluding carboxylic acids is 2. The van der Waals surface area contributed by atoms with Gasteiger partial charge in [0.2, 0.25) is 11.8 Å². The molecule has 2 aliphatic rings. The first-order valence-electron chi connectivity index (χ1n) is 10.8. The minimum absolute atomic E-state index is 0.0753. The topological polar surface area (TPSA) is 58.4 Å². The molecule has 4 rings (SSSR count). The van der Waals surface area contributed by atoms with Crippen molar-refractivity contribution in [1.82, 2.24) is 14.7 Å². The van der Waals surface area contributed by atoms with Crippen molar-refractivity contribution < 1.29 is 18.4 Å². The highest BCUT2D eigenvalue weighted by atomic mass is 32.2. The van der Waals surface area contributed by atoms with Crippen LogP contribution < -0.4 is 4.90 Å². The van der Waals surface area contributed by atoms with E-state index in [-0.39, 0.29) is 24.1 Å². The van der Waals surface area contributed by atoms with E-state index in [2.05, 4.69) is 0 Å². The maximum absolute atomic E-state index is 14.9. The van der Waals surface area contributed by atoms with Crippen molar-refractivity contribution in [1.29, 1.82) is 0 Å². The summed E-state index contributed by atoms with van der Waals surface area (Å²) in [5, 5.41) is 4.15. The summed E-state index contributed by atoms with van der Waals surface area (Å²) in [4.78, 5) is 29.4. The van der Waals surface area contributed by atoms with Gasteiger partial charge in [-0.3, -0.25) is 19.2 Å². The van der Waals surface area contributed by atoms with Crippen LogP contribution in [-0.2, 0) is 22.1 Å². The average molecular weight is 463 g/mol. The van der Waals surface area contributed by atoms with Crippen LogP contribution in [0.15, 0.2) is 18.2 Å². The van der Waals surface area contributed by atoms with Crippen LogP contribution in [0.3, 0.4) is 0 Å². The maximum atomic E-state index is 14.9. The molecule has 9 heteroatoms. The third-order valence-corrected chi connectivity index (χ3v) is 7.19. The molecule has 32 heavy (non-hydrogen) atoms. The lowest BCUT2D eigenvalue weighted by Gasteiger charge is -2.25. The number of aromatic nitrogens is 2. The van der Waals surface area contributed by atoms with E-state index in [0.717, 1.165) is 24.6 Å². The zero-order chi connectivity index (χ0) is 23.2. The predicted octanol–water partition coefficient (Wildman–Crippen LogP) is 3.79. The van der Waals surface area contributed by atoms with Gasteiger partial charge in [0, 0.05) is 42.7 Å². The highest BCUT2D eigenvalue weighted by Crippen LogP contribution is 2.48. The lowest BCUT2D eigenvalue weighted by molar-refractivity contribution is -0.130. The highest BCUT2D eigenvalue weighted by Gasteiger charge is 2.40. The Balaban J connectivity index is 1.85. The van der Waals surface area contributed by atoms with Crippen molar-refractivity contribution in [3.8, 4) is 0 Å². The number of hydrogen-bond donors (Lipinski definition) is 0. The Morgan fingerprint density at radius 1 is 1.22 bits per heavy atom. The number of carbonyl (C=O) groups is 2. The lowest BCUT2D eigenvalue weighted by Crippen LogP contribution is -2.43. The number of likely N-dealkylation sites (tertiary alicyclic amines) is 1. The quantitative estimate of drug-likeness (QED) is 0.697. The Labute approximate surface area is 190 Å². The van der Waals surface area contributed by atoms with Crippen molar-refractivity contribution >= 4 is 29.4 Å². The van der Waals surface area contributed by atoms with Gasteiger partial charge >= 0.3 is 0 Å². The first-order valence-corrected chi connectivity index (χ1v) is 11.8. The maximum Gasteiger partial charge on any atom is 0.242 e. The summed E-state index contributed by atoms with van der Waals surface area (Å²) in [5.74, 6) is -1.06. The summed E-state index contributed by atoms with van der Waals surface area (Å²) in [6.45, 7) is 7.34. The van der Waals surface area contributed by atoms with E-state index in [1.165, 1.54) is 28.8 Å². The van der Waals surface area contributed by atoms with Gasteiger partial charge in [0.15, 0.2) is 0 Å². The third kappa shape index (κ3) is 4.14. The van der Waals surface area contributed by atoms with Crippen LogP contribution in [0.1, 0.15) is 55.7 Å². The first-order chi connectivity index (χ1) is 15.1. The van der Waals surface area contributed by atoms with Crippen LogP contribution in [0.2, 0.25) is 0 Å². The highest BCUT2D eigenvalue weighted by molar-refractivity contribution is 8.00. The monoisotopic (exact) mass is 462 g/mol. The summed E-state index contributed by atoms with van der Waals surface area (Å²) in [6.07, 6.45) is 1.93. The summed E-state index contributed by atoms with van der Waals surface area (Å²) < 4.78 is 30.1. The number of hydrogen-bond acceptors (Lipinski definition) is 4. The molecule has 2 aliphatic heterocycles. The number of thioether (sulfide) groups is 1. The summed E-state index contributed by atoms with van der Waals surface area (Å²) in [7, 11) is 1.74. The Hall–Kier alpha value is -2.42. The van der Waals surface area contributed by atoms with Crippen molar-refractivity contribution in [2.45, 2.75) is 44.3 Å². The molecule has 1 unspecified atom stereocenters. The molecule has 0 saturated carbocycles. The molecule has 1 aromatic carbocycles. The normalized spacial score (nSPS) is 19.3. The minimum Gasteiger partial charge on any atom is -0.341 e. The number of aryl methyl sites for hydroxylation is 1. The molecular weight excluding hydrogens is 434 g/mol. The summed E-state index contributed by atoms with van der Waals surface area (Å²) in [6, 6.07) is 3.53. The second kappa shape index (κ2) is 8.50. The van der Waals surface area contributed by atoms with Crippen molar-refractivity contribution in [3.63, 3.8) is 0 Å². The van der Waals surface area contributed by atoms with Crippen LogP contribution in [0, 0.1) is 11.6 Å². The standard InChI is InChI=1S/C23H28F2N4O2S/c1-23(2,3)21-19-20(15-8-7-14(24)11-16(15)25)32-13-18(31)29(22(19)27(4)26-21)12-17(30)28-9-5-6-10-28/h7-8,11,20H,5-6,9-10,12-13H2,1-4H3. The second-order valence-electron chi connectivity index (χ2n) is 9.38. The van der Waals surface area contributed by atoms with Crippen molar-refractivity contribution in [3.05, 3.63) is 46.7 Å². The molecule has 0 N–H and O–H groups in total. The van der Waals surface area contributed by atoms with Crippen LogP contribution in [0.5, 0.6) is 0 Å². The van der Waals surface area contributed by atoms with Gasteiger partial charge in [-0.05, 0) is 18.9 Å². The van der Waals surface area contributed by atoms with E-state index in [4.69, 9.17) is 5.10 Å². The van der Waals surface area contributed by atoms with Crippen molar-refractivity contribution in [2.24, 2.45) is 7.05 Å². The smallest absolute Gasteiger partial charge is 0.242 e. The number of halogens is 2. The zero-order valence-corrected chi connectivity index (χ0v) is 19.6. The Morgan fingerprint density at radius 3 is 2.53 bits per heavy atom. The Kier molecular flexibility index (Phi) is 6.04. The third-order valence-electron chi connectivity index (χ3n) is 5.95. The molecule has 0 aliphatic carbocycles. The van der Waals surface area contributed by atoms with Crippen LogP contribution in [-0.4, -0.2) is 51.9 Å². The fourth-order valence-corrected chi connectivity index (χ4v) is 5.62. The second-order valence-corrected chi connectivity index (χ2v) is 10.5. The fourth-order valence-electron chi connectivity index (χ4n) is 4.41. The van der Waals surface area contributed by atoms with Crippen LogP contribution >= 0.6 is 11.8 Å². The molecule has 0 bridgehead atoms. The molecule has 2 amide bonds. The average Bonchev–Trinajstić information content (AvgIpc) is 3.33. The molecule has 1 aromatic heterocycles. The molecule has 0 radical (unpaired) electrons. The van der Waals surface area contributed by atoms with E-state index >= 15 is 0 Å². The molecule has 2 aromatic rings. The number of benzene rings is 1. The Morgan fingerprint density at radius 2 is 1.91 bits per heavy atom. The van der Waals surface area contributed by atoms with E-state index in [1.54, 1.807) is 16.6 Å². The number of amides is 2. The molecule has 6 nitrogen and oxygen atoms in total. The minimum atomic E-state index is -0.661. The zero-order valence-electron chi connectivity index (χ0n) is 18.8. The van der Waals surface area contributed by atoms with E-state index in [0.29, 0.717) is 30.0 Å². The molecule has 1 fully saturated rings. The van der Waals surface area contributed by atoms with Gasteiger partial charge < -0.3 is 4.90 Å². The molecular formula is C23H28F2N4O2S. The molecule has 3 heterocycles.